The van der Waals surface area contributed by atoms with Crippen LogP contribution in [-0.4, -0.2) is 20.9 Å². The number of para-hydroxylation sites is 1. The number of aromatic nitrogens is 3. The topological polar surface area (TPSA) is 89.0 Å². The second kappa shape index (κ2) is 9.29. The quantitative estimate of drug-likeness (QED) is 0.482. The zero-order valence-electron chi connectivity index (χ0n) is 16.0. The van der Waals surface area contributed by atoms with Crippen LogP contribution in [0.1, 0.15) is 16.2 Å². The van der Waals surface area contributed by atoms with Gasteiger partial charge in [0.1, 0.15) is 17.2 Å². The summed E-state index contributed by atoms with van der Waals surface area (Å²) in [7, 11) is 0. The van der Waals surface area contributed by atoms with Gasteiger partial charge in [-0.3, -0.25) is 9.78 Å². The third-order valence-corrected chi connectivity index (χ3v) is 4.13. The molecule has 0 aliphatic heterocycles. The number of hydrogen-bond acceptors (Lipinski definition) is 6. The second-order valence-corrected chi connectivity index (χ2v) is 6.33. The second-order valence-electron chi connectivity index (χ2n) is 6.33. The van der Waals surface area contributed by atoms with E-state index in [1.807, 2.05) is 72.8 Å². The van der Waals surface area contributed by atoms with Crippen LogP contribution in [0, 0.1) is 0 Å². The molecule has 30 heavy (non-hydrogen) atoms. The Balaban J connectivity index is 1.37. The number of carbonyl (C=O) groups excluding carboxylic acids is 1. The number of nitrogens with one attached hydrogen (secondary N) is 2. The molecule has 148 valence electrons. The normalized spacial score (nSPS) is 10.3. The number of amides is 1. The molecule has 2 aromatic heterocycles. The monoisotopic (exact) mass is 397 g/mol. The Morgan fingerprint density at radius 2 is 1.57 bits per heavy atom. The van der Waals surface area contributed by atoms with Crippen molar-refractivity contribution in [3.8, 4) is 11.5 Å². The lowest BCUT2D eigenvalue weighted by Crippen LogP contribution is -2.24. The Kier molecular flexibility index (Phi) is 5.91. The summed E-state index contributed by atoms with van der Waals surface area (Å²) in [6, 6.07) is 24.1. The molecular weight excluding hydrogens is 378 g/mol. The summed E-state index contributed by atoms with van der Waals surface area (Å²) in [5, 5.41) is 5.89. The predicted octanol–water partition coefficient (Wildman–Crippen LogP) is 4.34. The van der Waals surface area contributed by atoms with Crippen molar-refractivity contribution >= 4 is 17.5 Å². The van der Waals surface area contributed by atoms with E-state index in [-0.39, 0.29) is 11.6 Å². The van der Waals surface area contributed by atoms with Gasteiger partial charge in [-0.15, -0.1) is 0 Å². The number of pyridine rings is 1. The molecule has 7 heteroatoms. The molecule has 0 fully saturated rings. The molecule has 0 saturated heterocycles. The lowest BCUT2D eigenvalue weighted by atomic mass is 10.3. The van der Waals surface area contributed by atoms with E-state index in [0.29, 0.717) is 12.5 Å². The highest BCUT2D eigenvalue weighted by Gasteiger charge is 2.09. The first-order valence-electron chi connectivity index (χ1n) is 9.37. The first kappa shape index (κ1) is 19.1. The lowest BCUT2D eigenvalue weighted by Gasteiger charge is -2.09. The van der Waals surface area contributed by atoms with Crippen LogP contribution >= 0.6 is 0 Å². The number of hydrogen-bond donors (Lipinski definition) is 2. The largest absolute Gasteiger partial charge is 0.457 e. The van der Waals surface area contributed by atoms with Crippen molar-refractivity contribution in [2.75, 3.05) is 5.32 Å². The molecule has 0 unspecified atom stereocenters. The first-order valence-corrected chi connectivity index (χ1v) is 9.37. The smallest absolute Gasteiger partial charge is 0.270 e. The summed E-state index contributed by atoms with van der Waals surface area (Å²) < 4.78 is 5.78. The van der Waals surface area contributed by atoms with Crippen molar-refractivity contribution in [1.82, 2.24) is 20.3 Å². The minimum atomic E-state index is -0.294. The van der Waals surface area contributed by atoms with Gasteiger partial charge in [-0.05, 0) is 54.6 Å². The highest BCUT2D eigenvalue weighted by molar-refractivity contribution is 5.92. The maximum absolute atomic E-state index is 12.4. The number of anilines is 2. The third kappa shape index (κ3) is 5.17. The fraction of sp³-hybridized carbons (Fsp3) is 0.0435. The maximum Gasteiger partial charge on any atom is 0.270 e. The van der Waals surface area contributed by atoms with Crippen LogP contribution < -0.4 is 15.4 Å². The molecule has 2 N–H and O–H groups in total. The fourth-order valence-corrected chi connectivity index (χ4v) is 2.67. The van der Waals surface area contributed by atoms with Crippen LogP contribution in [0.4, 0.5) is 11.6 Å². The van der Waals surface area contributed by atoms with E-state index < -0.39 is 0 Å². The predicted molar refractivity (Wildman–Crippen MR) is 114 cm³/mol. The van der Waals surface area contributed by atoms with Crippen molar-refractivity contribution < 1.29 is 9.53 Å². The van der Waals surface area contributed by atoms with E-state index >= 15 is 0 Å². The Hall–Kier alpha value is -4.26. The van der Waals surface area contributed by atoms with Gasteiger partial charge in [-0.25, -0.2) is 9.97 Å². The number of benzene rings is 2. The van der Waals surface area contributed by atoms with Crippen LogP contribution in [0.3, 0.4) is 0 Å². The molecule has 0 atom stereocenters. The van der Waals surface area contributed by atoms with E-state index in [2.05, 4.69) is 25.6 Å². The Morgan fingerprint density at radius 1 is 0.800 bits per heavy atom. The molecule has 0 aliphatic carbocycles. The molecule has 0 spiro atoms. The van der Waals surface area contributed by atoms with Crippen LogP contribution in [0.25, 0.3) is 0 Å². The molecule has 2 aromatic carbocycles. The van der Waals surface area contributed by atoms with Gasteiger partial charge < -0.3 is 15.4 Å². The highest BCUT2D eigenvalue weighted by Crippen LogP contribution is 2.23. The van der Waals surface area contributed by atoms with Gasteiger partial charge in [0.15, 0.2) is 0 Å². The fourth-order valence-electron chi connectivity index (χ4n) is 2.67. The van der Waals surface area contributed by atoms with Gasteiger partial charge in [-0.2, -0.15) is 0 Å². The molecule has 0 aliphatic rings. The van der Waals surface area contributed by atoms with Crippen LogP contribution in [0.15, 0.2) is 91.3 Å². The molecule has 2 heterocycles. The number of ether oxygens (including phenoxy) is 1. The standard InChI is InChI=1S/C23H19N5O2/c29-22(26-16-18-6-4-5-14-24-18)21-13-15-25-23(28-21)27-17-9-11-20(12-10-17)30-19-7-2-1-3-8-19/h1-15H,16H2,(H,26,29)(H,25,27,28). The van der Waals surface area contributed by atoms with Gasteiger partial charge in [0.25, 0.3) is 5.91 Å². The highest BCUT2D eigenvalue weighted by atomic mass is 16.5. The third-order valence-electron chi connectivity index (χ3n) is 4.13. The summed E-state index contributed by atoms with van der Waals surface area (Å²) in [4.78, 5) is 25.0. The van der Waals surface area contributed by atoms with Crippen molar-refractivity contribution in [3.63, 3.8) is 0 Å². The molecule has 1 amide bonds. The van der Waals surface area contributed by atoms with Crippen LogP contribution in [0.5, 0.6) is 11.5 Å². The van der Waals surface area contributed by atoms with Crippen molar-refractivity contribution in [2.24, 2.45) is 0 Å². The van der Waals surface area contributed by atoms with Gasteiger partial charge in [0, 0.05) is 18.1 Å². The summed E-state index contributed by atoms with van der Waals surface area (Å²) in [6.07, 6.45) is 3.22. The lowest BCUT2D eigenvalue weighted by molar-refractivity contribution is 0.0945. The van der Waals surface area contributed by atoms with Crippen LogP contribution in [0.2, 0.25) is 0 Å². The van der Waals surface area contributed by atoms with Gasteiger partial charge in [-0.1, -0.05) is 24.3 Å². The molecule has 0 saturated carbocycles. The van der Waals surface area contributed by atoms with Crippen LogP contribution in [-0.2, 0) is 6.54 Å². The SMILES string of the molecule is O=C(NCc1ccccn1)c1ccnc(Nc2ccc(Oc3ccccc3)cc2)n1. The summed E-state index contributed by atoms with van der Waals surface area (Å²) in [6.45, 7) is 0.329. The van der Waals surface area contributed by atoms with E-state index in [9.17, 15) is 4.79 Å². The van der Waals surface area contributed by atoms with Crippen molar-refractivity contribution in [2.45, 2.75) is 6.54 Å². The zero-order chi connectivity index (χ0) is 20.6. The molecule has 4 rings (SSSR count). The zero-order valence-corrected chi connectivity index (χ0v) is 16.0. The average Bonchev–Trinajstić information content (AvgIpc) is 2.80. The summed E-state index contributed by atoms with van der Waals surface area (Å²) in [5.41, 5.74) is 1.82. The molecule has 7 nitrogen and oxygen atoms in total. The number of carbonyl (C=O) groups is 1. The Labute approximate surface area is 173 Å². The maximum atomic E-state index is 12.4. The molecule has 0 bridgehead atoms. The van der Waals surface area contributed by atoms with E-state index in [0.717, 1.165) is 22.9 Å². The van der Waals surface area contributed by atoms with Crippen molar-refractivity contribution in [1.29, 1.82) is 0 Å². The Bertz CT molecular complexity index is 1100. The average molecular weight is 397 g/mol. The minimum Gasteiger partial charge on any atom is -0.457 e. The van der Waals surface area contributed by atoms with Gasteiger partial charge in [0.2, 0.25) is 5.95 Å². The van der Waals surface area contributed by atoms with E-state index in [4.69, 9.17) is 4.74 Å². The van der Waals surface area contributed by atoms with E-state index in [1.165, 1.54) is 6.20 Å². The summed E-state index contributed by atoms with van der Waals surface area (Å²) in [5.74, 6) is 1.52. The minimum absolute atomic E-state index is 0.271. The van der Waals surface area contributed by atoms with Gasteiger partial charge in [0.05, 0.1) is 12.2 Å². The molecule has 0 radical (unpaired) electrons. The van der Waals surface area contributed by atoms with Crippen molar-refractivity contribution in [3.05, 3.63) is 103 Å². The number of nitrogens with zero attached hydrogens (tertiary/aromatic N) is 3. The summed E-state index contributed by atoms with van der Waals surface area (Å²) >= 11 is 0. The number of rotatable bonds is 7. The van der Waals surface area contributed by atoms with E-state index in [1.54, 1.807) is 12.3 Å². The Morgan fingerprint density at radius 3 is 2.33 bits per heavy atom. The van der Waals surface area contributed by atoms with Gasteiger partial charge >= 0.3 is 0 Å². The first-order chi connectivity index (χ1) is 14.8. The molecular formula is C23H19N5O2. The molecule has 4 aromatic rings.